The summed E-state index contributed by atoms with van der Waals surface area (Å²) in [6.45, 7) is 5.26. The van der Waals surface area contributed by atoms with Gasteiger partial charge < -0.3 is 5.11 Å². The van der Waals surface area contributed by atoms with Crippen LogP contribution in [0.15, 0.2) is 41.8 Å². The Balaban J connectivity index is 2.28. The Kier molecular flexibility index (Phi) is 2.85. The Morgan fingerprint density at radius 3 is 2.47 bits per heavy atom. The maximum atomic E-state index is 12.0. The van der Waals surface area contributed by atoms with Gasteiger partial charge in [0.15, 0.2) is 0 Å². The van der Waals surface area contributed by atoms with Crippen molar-refractivity contribution in [1.82, 2.24) is 4.31 Å². The van der Waals surface area contributed by atoms with Crippen molar-refractivity contribution in [2.24, 2.45) is 0 Å². The monoisotopic (exact) mass is 253 g/mol. The molecule has 1 aromatic rings. The van der Waals surface area contributed by atoms with E-state index in [4.69, 9.17) is 0 Å². The van der Waals surface area contributed by atoms with Gasteiger partial charge in [0.25, 0.3) is 0 Å². The zero-order chi connectivity index (χ0) is 12.7. The predicted octanol–water partition coefficient (Wildman–Crippen LogP) is 1.10. The van der Waals surface area contributed by atoms with Gasteiger partial charge in [0.05, 0.1) is 4.91 Å². The molecule has 92 valence electrons. The molecule has 0 amide bonds. The SMILES string of the molecule is C=C1C(C)(O)CN(Cc2ccccc2)S1(=O)=O. The minimum Gasteiger partial charge on any atom is -0.383 e. The summed E-state index contributed by atoms with van der Waals surface area (Å²) in [5.74, 6) is 0. The quantitative estimate of drug-likeness (QED) is 0.858. The maximum Gasteiger partial charge on any atom is 0.241 e. The Bertz CT molecular complexity index is 534. The first-order valence-corrected chi connectivity index (χ1v) is 6.74. The van der Waals surface area contributed by atoms with Crippen LogP contribution in [0, 0.1) is 0 Å². The number of nitrogens with zero attached hydrogens (tertiary/aromatic N) is 1. The van der Waals surface area contributed by atoms with Gasteiger partial charge in [-0.25, -0.2) is 8.42 Å². The van der Waals surface area contributed by atoms with Crippen molar-refractivity contribution in [3.05, 3.63) is 47.4 Å². The highest BCUT2D eigenvalue weighted by molar-refractivity contribution is 7.93. The molecule has 4 nitrogen and oxygen atoms in total. The van der Waals surface area contributed by atoms with Gasteiger partial charge in [-0.1, -0.05) is 36.9 Å². The van der Waals surface area contributed by atoms with Crippen LogP contribution in [0.3, 0.4) is 0 Å². The second-order valence-electron chi connectivity index (χ2n) is 4.46. The molecular formula is C12H15NO3S. The molecule has 1 aromatic carbocycles. The molecule has 5 heteroatoms. The first-order valence-electron chi connectivity index (χ1n) is 5.30. The van der Waals surface area contributed by atoms with Gasteiger partial charge in [0, 0.05) is 13.1 Å². The molecule has 0 spiro atoms. The van der Waals surface area contributed by atoms with Gasteiger partial charge in [-0.2, -0.15) is 4.31 Å². The molecule has 0 radical (unpaired) electrons. The normalized spacial score (nSPS) is 28.5. The van der Waals surface area contributed by atoms with Crippen molar-refractivity contribution in [2.45, 2.75) is 19.1 Å². The van der Waals surface area contributed by atoms with Gasteiger partial charge in [-0.05, 0) is 12.5 Å². The van der Waals surface area contributed by atoms with Crippen LogP contribution in [0.25, 0.3) is 0 Å². The second kappa shape index (κ2) is 3.94. The summed E-state index contributed by atoms with van der Waals surface area (Å²) in [7, 11) is -3.58. The van der Waals surface area contributed by atoms with E-state index >= 15 is 0 Å². The molecular weight excluding hydrogens is 238 g/mol. The molecule has 1 heterocycles. The number of benzene rings is 1. The summed E-state index contributed by atoms with van der Waals surface area (Å²) >= 11 is 0. The molecule has 0 aliphatic carbocycles. The highest BCUT2D eigenvalue weighted by Gasteiger charge is 2.47. The minimum absolute atomic E-state index is 0.0586. The number of hydrogen-bond donors (Lipinski definition) is 1. The fourth-order valence-electron chi connectivity index (χ4n) is 1.88. The van der Waals surface area contributed by atoms with Gasteiger partial charge in [-0.3, -0.25) is 0 Å². The summed E-state index contributed by atoms with van der Waals surface area (Å²) in [4.78, 5) is -0.124. The smallest absolute Gasteiger partial charge is 0.241 e. The van der Waals surface area contributed by atoms with Crippen LogP contribution in [0.4, 0.5) is 0 Å². The standard InChI is InChI=1S/C12H15NO3S/c1-10-12(2,14)9-13(17(10,15)16)8-11-6-4-3-5-7-11/h3-7,14H,1,8-9H2,2H3. The maximum absolute atomic E-state index is 12.0. The number of β-amino-alcohol motifs (C(OH)–C–C–N with tert-alkyl or cyclic N) is 1. The van der Waals surface area contributed by atoms with Crippen molar-refractivity contribution in [1.29, 1.82) is 0 Å². The Morgan fingerprint density at radius 2 is 2.00 bits per heavy atom. The lowest BCUT2D eigenvalue weighted by Gasteiger charge is -2.15. The number of sulfonamides is 1. The van der Waals surface area contributed by atoms with Crippen molar-refractivity contribution in [2.75, 3.05) is 6.54 Å². The fourth-order valence-corrected chi connectivity index (χ4v) is 3.55. The third-order valence-electron chi connectivity index (χ3n) is 2.94. The summed E-state index contributed by atoms with van der Waals surface area (Å²) in [6, 6.07) is 9.28. The van der Waals surface area contributed by atoms with Crippen molar-refractivity contribution < 1.29 is 13.5 Å². The second-order valence-corrected chi connectivity index (χ2v) is 6.42. The average Bonchev–Trinajstić information content (AvgIpc) is 2.41. The molecule has 1 unspecified atom stereocenters. The Labute approximate surface area is 101 Å². The van der Waals surface area contributed by atoms with Crippen molar-refractivity contribution >= 4 is 10.0 Å². The van der Waals surface area contributed by atoms with Crippen LogP contribution in [0.1, 0.15) is 12.5 Å². The largest absolute Gasteiger partial charge is 0.383 e. The van der Waals surface area contributed by atoms with E-state index in [9.17, 15) is 13.5 Å². The van der Waals surface area contributed by atoms with E-state index in [0.717, 1.165) is 5.56 Å². The summed E-state index contributed by atoms with van der Waals surface area (Å²) in [5, 5.41) is 9.93. The number of rotatable bonds is 2. The minimum atomic E-state index is -3.58. The van der Waals surface area contributed by atoms with Gasteiger partial charge in [0.1, 0.15) is 5.60 Å². The van der Waals surface area contributed by atoms with E-state index in [1.54, 1.807) is 0 Å². The van der Waals surface area contributed by atoms with E-state index in [1.165, 1.54) is 11.2 Å². The lowest BCUT2D eigenvalue weighted by molar-refractivity contribution is 0.0968. The van der Waals surface area contributed by atoms with E-state index < -0.39 is 15.6 Å². The van der Waals surface area contributed by atoms with E-state index in [2.05, 4.69) is 6.58 Å². The van der Waals surface area contributed by atoms with Crippen LogP contribution in [0.2, 0.25) is 0 Å². The predicted molar refractivity (Wildman–Crippen MR) is 65.5 cm³/mol. The van der Waals surface area contributed by atoms with Gasteiger partial charge in [0.2, 0.25) is 10.0 Å². The number of aliphatic hydroxyl groups is 1. The molecule has 1 N–H and O–H groups in total. The third kappa shape index (κ3) is 2.13. The molecule has 1 aliphatic rings. The lowest BCUT2D eigenvalue weighted by Crippen LogP contribution is -2.30. The topological polar surface area (TPSA) is 57.6 Å². The highest BCUT2D eigenvalue weighted by atomic mass is 32.2. The molecule has 1 aliphatic heterocycles. The van der Waals surface area contributed by atoms with Crippen LogP contribution in [-0.4, -0.2) is 30.0 Å². The van der Waals surface area contributed by atoms with Gasteiger partial charge in [-0.15, -0.1) is 0 Å². The first kappa shape index (κ1) is 12.3. The zero-order valence-electron chi connectivity index (χ0n) is 9.63. The molecule has 17 heavy (non-hydrogen) atoms. The van der Waals surface area contributed by atoms with E-state index in [-0.39, 0.29) is 18.0 Å². The van der Waals surface area contributed by atoms with E-state index in [1.807, 2.05) is 30.3 Å². The van der Waals surface area contributed by atoms with Crippen LogP contribution >= 0.6 is 0 Å². The summed E-state index contributed by atoms with van der Waals surface area (Å²) < 4.78 is 25.2. The molecule has 0 aromatic heterocycles. The van der Waals surface area contributed by atoms with Crippen LogP contribution in [-0.2, 0) is 16.6 Å². The molecule has 0 bridgehead atoms. The van der Waals surface area contributed by atoms with Crippen molar-refractivity contribution in [3.8, 4) is 0 Å². The molecule has 2 rings (SSSR count). The fraction of sp³-hybridized carbons (Fsp3) is 0.333. The lowest BCUT2D eigenvalue weighted by atomic mass is 10.1. The van der Waals surface area contributed by atoms with Crippen LogP contribution < -0.4 is 0 Å². The average molecular weight is 253 g/mol. The van der Waals surface area contributed by atoms with Crippen LogP contribution in [0.5, 0.6) is 0 Å². The Morgan fingerprint density at radius 1 is 1.41 bits per heavy atom. The van der Waals surface area contributed by atoms with E-state index in [0.29, 0.717) is 0 Å². The molecule has 1 atom stereocenters. The molecule has 1 fully saturated rings. The summed E-state index contributed by atoms with van der Waals surface area (Å²) in [6.07, 6.45) is 0. The highest BCUT2D eigenvalue weighted by Crippen LogP contribution is 2.33. The van der Waals surface area contributed by atoms with Crippen molar-refractivity contribution in [3.63, 3.8) is 0 Å². The third-order valence-corrected chi connectivity index (χ3v) is 4.94. The molecule has 0 saturated carbocycles. The Hall–Kier alpha value is -1.17. The number of hydrogen-bond acceptors (Lipinski definition) is 3. The van der Waals surface area contributed by atoms with Gasteiger partial charge >= 0.3 is 0 Å². The molecule has 1 saturated heterocycles. The summed E-state index contributed by atoms with van der Waals surface area (Å²) in [5.41, 5.74) is -0.477. The zero-order valence-corrected chi connectivity index (χ0v) is 10.4. The first-order chi connectivity index (χ1) is 7.84.